The Morgan fingerprint density at radius 1 is 1.20 bits per heavy atom. The van der Waals surface area contributed by atoms with E-state index in [9.17, 15) is 13.2 Å². The van der Waals surface area contributed by atoms with Gasteiger partial charge in [0, 0.05) is 12.0 Å². The first-order valence-corrected chi connectivity index (χ1v) is 6.42. The lowest BCUT2D eigenvalue weighted by Gasteiger charge is -2.11. The van der Waals surface area contributed by atoms with Crippen molar-refractivity contribution in [2.45, 2.75) is 12.6 Å². The number of aromatic amines is 1. The highest BCUT2D eigenvalue weighted by Gasteiger charge is 2.31. The van der Waals surface area contributed by atoms with Gasteiger partial charge in [-0.1, -0.05) is 24.4 Å². The highest BCUT2D eigenvalue weighted by molar-refractivity contribution is 7.71. The Bertz CT molecular complexity index is 721. The Labute approximate surface area is 118 Å². The molecule has 2 aromatic rings. The second kappa shape index (κ2) is 4.63. The Morgan fingerprint density at radius 3 is 2.75 bits per heavy atom. The molecular formula is C14H10F3NOS. The van der Waals surface area contributed by atoms with Gasteiger partial charge in [0.2, 0.25) is 0 Å². The van der Waals surface area contributed by atoms with Crippen molar-refractivity contribution in [1.29, 1.82) is 0 Å². The summed E-state index contributed by atoms with van der Waals surface area (Å²) < 4.78 is 44.1. The molecule has 1 aliphatic heterocycles. The number of ether oxygens (including phenoxy) is 1. The summed E-state index contributed by atoms with van der Waals surface area (Å²) >= 11 is 4.89. The molecule has 6 heteroatoms. The van der Waals surface area contributed by atoms with Crippen molar-refractivity contribution in [3.8, 4) is 17.0 Å². The molecular weight excluding hydrogens is 287 g/mol. The number of rotatable bonds is 1. The molecule has 2 heterocycles. The van der Waals surface area contributed by atoms with Crippen LogP contribution in [0.5, 0.6) is 5.75 Å². The minimum absolute atomic E-state index is 0.0467. The SMILES string of the molecule is FC(F)(F)c1cc(-c2cccc3c2OCC3)[nH]c(=S)c1. The topological polar surface area (TPSA) is 25.0 Å². The second-order valence-electron chi connectivity index (χ2n) is 4.54. The molecule has 0 fully saturated rings. The Kier molecular flexibility index (Phi) is 3.05. The quantitative estimate of drug-likeness (QED) is 0.791. The zero-order valence-corrected chi connectivity index (χ0v) is 11.1. The lowest BCUT2D eigenvalue weighted by Crippen LogP contribution is -2.06. The second-order valence-corrected chi connectivity index (χ2v) is 4.98. The Morgan fingerprint density at radius 2 is 2.00 bits per heavy atom. The van der Waals surface area contributed by atoms with Crippen molar-refractivity contribution in [2.75, 3.05) is 6.61 Å². The number of benzene rings is 1. The van der Waals surface area contributed by atoms with Crippen molar-refractivity contribution in [3.05, 3.63) is 46.1 Å². The van der Waals surface area contributed by atoms with Gasteiger partial charge in [-0.25, -0.2) is 0 Å². The van der Waals surface area contributed by atoms with Crippen LogP contribution in [0.3, 0.4) is 0 Å². The summed E-state index contributed by atoms with van der Waals surface area (Å²) in [5, 5.41) is 0. The molecule has 0 bridgehead atoms. The Balaban J connectivity index is 2.19. The fourth-order valence-electron chi connectivity index (χ4n) is 2.28. The van der Waals surface area contributed by atoms with Gasteiger partial charge in [-0.3, -0.25) is 0 Å². The summed E-state index contributed by atoms with van der Waals surface area (Å²) in [4.78, 5) is 2.80. The van der Waals surface area contributed by atoms with E-state index in [1.165, 1.54) is 0 Å². The predicted molar refractivity (Wildman–Crippen MR) is 71.3 cm³/mol. The molecule has 1 aromatic carbocycles. The van der Waals surface area contributed by atoms with E-state index in [2.05, 4.69) is 4.98 Å². The molecule has 1 aliphatic rings. The van der Waals surface area contributed by atoms with Crippen molar-refractivity contribution < 1.29 is 17.9 Å². The summed E-state index contributed by atoms with van der Waals surface area (Å²) in [7, 11) is 0. The molecule has 0 aliphatic carbocycles. The van der Waals surface area contributed by atoms with Gasteiger partial charge in [-0.15, -0.1) is 0 Å². The molecule has 1 N–H and O–H groups in total. The first-order chi connectivity index (χ1) is 9.45. The van der Waals surface area contributed by atoms with Crippen molar-refractivity contribution in [1.82, 2.24) is 4.98 Å². The molecule has 2 nitrogen and oxygen atoms in total. The average Bonchev–Trinajstić information content (AvgIpc) is 2.84. The minimum Gasteiger partial charge on any atom is -0.492 e. The number of para-hydroxylation sites is 1. The summed E-state index contributed by atoms with van der Waals surface area (Å²) in [6, 6.07) is 7.43. The maximum atomic E-state index is 12.8. The van der Waals surface area contributed by atoms with Crippen LogP contribution in [0, 0.1) is 4.64 Å². The monoisotopic (exact) mass is 297 g/mol. The maximum Gasteiger partial charge on any atom is 0.416 e. The summed E-state index contributed by atoms with van der Waals surface area (Å²) in [5.41, 5.74) is 1.17. The number of aromatic nitrogens is 1. The van der Waals surface area contributed by atoms with Gasteiger partial charge in [-0.2, -0.15) is 13.2 Å². The molecule has 20 heavy (non-hydrogen) atoms. The van der Waals surface area contributed by atoms with Crippen LogP contribution >= 0.6 is 12.2 Å². The highest BCUT2D eigenvalue weighted by atomic mass is 32.1. The highest BCUT2D eigenvalue weighted by Crippen LogP contribution is 2.38. The molecule has 0 saturated heterocycles. The number of nitrogens with one attached hydrogen (secondary N) is 1. The third-order valence-electron chi connectivity index (χ3n) is 3.18. The van der Waals surface area contributed by atoms with Crippen LogP contribution < -0.4 is 4.74 Å². The standard InChI is InChI=1S/C14H10F3NOS/c15-14(16,17)9-6-11(18-12(20)7-9)10-3-1-2-8-4-5-19-13(8)10/h1-3,6-7H,4-5H2,(H,18,20). The smallest absolute Gasteiger partial charge is 0.416 e. The third kappa shape index (κ3) is 2.31. The molecule has 0 amide bonds. The van der Waals surface area contributed by atoms with Gasteiger partial charge in [0.05, 0.1) is 17.9 Å². The lowest BCUT2D eigenvalue weighted by atomic mass is 10.0. The number of alkyl halides is 3. The van der Waals surface area contributed by atoms with Gasteiger partial charge < -0.3 is 9.72 Å². The molecule has 0 atom stereocenters. The number of H-pyrrole nitrogens is 1. The van der Waals surface area contributed by atoms with Crippen molar-refractivity contribution in [3.63, 3.8) is 0 Å². The minimum atomic E-state index is -4.42. The molecule has 104 valence electrons. The average molecular weight is 297 g/mol. The van der Waals surface area contributed by atoms with Crippen LogP contribution in [-0.4, -0.2) is 11.6 Å². The van der Waals surface area contributed by atoms with E-state index in [0.29, 0.717) is 23.6 Å². The first kappa shape index (κ1) is 13.2. The largest absolute Gasteiger partial charge is 0.492 e. The normalized spacial score (nSPS) is 13.9. The van der Waals surface area contributed by atoms with Crippen molar-refractivity contribution >= 4 is 12.2 Å². The van der Waals surface area contributed by atoms with Gasteiger partial charge in [0.1, 0.15) is 10.4 Å². The van der Waals surface area contributed by atoms with E-state index < -0.39 is 11.7 Å². The van der Waals surface area contributed by atoms with Crippen LogP contribution in [0.1, 0.15) is 11.1 Å². The molecule has 0 spiro atoms. The number of hydrogen-bond donors (Lipinski definition) is 1. The number of halogens is 3. The lowest BCUT2D eigenvalue weighted by molar-refractivity contribution is -0.137. The van der Waals surface area contributed by atoms with Crippen LogP contribution in [0.4, 0.5) is 13.2 Å². The first-order valence-electron chi connectivity index (χ1n) is 6.02. The maximum absolute atomic E-state index is 12.8. The van der Waals surface area contributed by atoms with E-state index in [1.54, 1.807) is 12.1 Å². The number of fused-ring (bicyclic) bond motifs is 1. The summed E-state index contributed by atoms with van der Waals surface area (Å²) in [6.45, 7) is 0.548. The fraction of sp³-hybridized carbons (Fsp3) is 0.214. The van der Waals surface area contributed by atoms with Crippen LogP contribution in [-0.2, 0) is 12.6 Å². The van der Waals surface area contributed by atoms with Gasteiger partial charge in [0.25, 0.3) is 0 Å². The van der Waals surface area contributed by atoms with Gasteiger partial charge in [-0.05, 0) is 23.8 Å². The van der Waals surface area contributed by atoms with E-state index in [4.69, 9.17) is 17.0 Å². The number of hydrogen-bond acceptors (Lipinski definition) is 2. The van der Waals surface area contributed by atoms with Crippen LogP contribution in [0.15, 0.2) is 30.3 Å². The molecule has 0 saturated carbocycles. The third-order valence-corrected chi connectivity index (χ3v) is 3.40. The Hall–Kier alpha value is -1.82. The zero-order valence-electron chi connectivity index (χ0n) is 10.3. The summed E-state index contributed by atoms with van der Waals surface area (Å²) in [5.74, 6) is 0.637. The summed E-state index contributed by atoms with van der Waals surface area (Å²) in [6.07, 6.45) is -3.65. The zero-order chi connectivity index (χ0) is 14.3. The fourth-order valence-corrected chi connectivity index (χ4v) is 2.52. The predicted octanol–water partition coefficient (Wildman–Crippen LogP) is 4.36. The number of pyridine rings is 1. The van der Waals surface area contributed by atoms with Crippen LogP contribution in [0.2, 0.25) is 0 Å². The van der Waals surface area contributed by atoms with Crippen molar-refractivity contribution in [2.24, 2.45) is 0 Å². The molecule has 3 rings (SSSR count). The molecule has 0 unspecified atom stereocenters. The van der Waals surface area contributed by atoms with E-state index in [0.717, 1.165) is 24.1 Å². The van der Waals surface area contributed by atoms with E-state index in [1.807, 2.05) is 6.07 Å². The van der Waals surface area contributed by atoms with Gasteiger partial charge >= 0.3 is 6.18 Å². The molecule has 1 aromatic heterocycles. The van der Waals surface area contributed by atoms with E-state index in [-0.39, 0.29) is 4.64 Å². The van der Waals surface area contributed by atoms with E-state index >= 15 is 0 Å². The molecule has 0 radical (unpaired) electrons. The van der Waals surface area contributed by atoms with Gasteiger partial charge in [0.15, 0.2) is 0 Å². The van der Waals surface area contributed by atoms with Crippen LogP contribution in [0.25, 0.3) is 11.3 Å².